The minimum atomic E-state index is -1.75. The number of esters is 1. The molecule has 0 bridgehead atoms. The van der Waals surface area contributed by atoms with Crippen molar-refractivity contribution in [3.63, 3.8) is 0 Å². The first-order chi connectivity index (χ1) is 19.6. The maximum absolute atomic E-state index is 13.3. The number of hydrogen-bond acceptors (Lipinski definition) is 8. The SMILES string of the molecule is CC[C@H]1O[C@@](O)([C@@H](C)[C@H](O)[C@H](C)[C@H]2OC(=O)/C(C)=C/C(C)=C/[C@@H](C)[C@@H](O)[C@@H](C)C/C(C)=C/C=C/[C@@H]2OC)C[C@@H](O)[C@H]1C. The van der Waals surface area contributed by atoms with Gasteiger partial charge in [-0.2, -0.15) is 0 Å². The number of hydrogen-bond donors (Lipinski definition) is 4. The smallest absolute Gasteiger partial charge is 0.334 e. The first kappa shape index (κ1) is 36.4. The van der Waals surface area contributed by atoms with Gasteiger partial charge < -0.3 is 34.6 Å². The fourth-order valence-electron chi connectivity index (χ4n) is 6.33. The Labute approximate surface area is 253 Å². The number of ether oxygens (including phenoxy) is 3. The Kier molecular flexibility index (Phi) is 13.7. The summed E-state index contributed by atoms with van der Waals surface area (Å²) in [4.78, 5) is 13.3. The third-order valence-corrected chi connectivity index (χ3v) is 9.31. The topological polar surface area (TPSA) is 126 Å². The molecule has 2 heterocycles. The van der Waals surface area contributed by atoms with Crippen LogP contribution in [0.4, 0.5) is 0 Å². The van der Waals surface area contributed by atoms with Gasteiger partial charge in [-0.25, -0.2) is 4.79 Å². The second-order valence-electron chi connectivity index (χ2n) is 12.9. The Bertz CT molecular complexity index is 1020. The molecule has 0 aliphatic carbocycles. The van der Waals surface area contributed by atoms with E-state index < -0.39 is 54.1 Å². The third-order valence-electron chi connectivity index (χ3n) is 9.31. The highest BCUT2D eigenvalue weighted by Gasteiger charge is 2.50. The zero-order chi connectivity index (χ0) is 31.9. The maximum Gasteiger partial charge on any atom is 0.334 e. The molecule has 240 valence electrons. The van der Waals surface area contributed by atoms with Crippen molar-refractivity contribution in [2.75, 3.05) is 7.11 Å². The Hall–Kier alpha value is -1.81. The van der Waals surface area contributed by atoms with Crippen LogP contribution >= 0.6 is 0 Å². The summed E-state index contributed by atoms with van der Waals surface area (Å²) in [6.45, 7) is 16.8. The molecule has 2 rings (SSSR count). The number of cyclic esters (lactones) is 1. The lowest BCUT2D eigenvalue weighted by molar-refractivity contribution is -0.322. The first-order valence-corrected chi connectivity index (χ1v) is 15.4. The molecule has 42 heavy (non-hydrogen) atoms. The highest BCUT2D eigenvalue weighted by atomic mass is 16.6. The predicted octanol–water partition coefficient (Wildman–Crippen LogP) is 4.86. The van der Waals surface area contributed by atoms with E-state index in [4.69, 9.17) is 14.2 Å². The lowest BCUT2D eigenvalue weighted by atomic mass is 9.77. The molecule has 2 aliphatic rings. The molecule has 4 N–H and O–H groups in total. The van der Waals surface area contributed by atoms with Crippen LogP contribution in [0.25, 0.3) is 0 Å². The molecular weight excluding hydrogens is 536 g/mol. The van der Waals surface area contributed by atoms with Gasteiger partial charge in [0.05, 0.1) is 24.4 Å². The summed E-state index contributed by atoms with van der Waals surface area (Å²) in [5, 5.41) is 44.6. The predicted molar refractivity (Wildman–Crippen MR) is 164 cm³/mol. The van der Waals surface area contributed by atoms with Gasteiger partial charge in [-0.3, -0.25) is 0 Å². The Morgan fingerprint density at radius 2 is 1.79 bits per heavy atom. The number of aliphatic hydroxyl groups is 4. The molecule has 0 radical (unpaired) electrons. The molecule has 0 saturated carbocycles. The second kappa shape index (κ2) is 15.8. The number of aliphatic hydroxyl groups excluding tert-OH is 3. The van der Waals surface area contributed by atoms with Crippen molar-refractivity contribution in [1.29, 1.82) is 0 Å². The summed E-state index contributed by atoms with van der Waals surface area (Å²) in [5.41, 5.74) is 2.28. The molecule has 1 saturated heterocycles. The molecule has 0 spiro atoms. The number of allylic oxidation sites excluding steroid dienone is 5. The van der Waals surface area contributed by atoms with Gasteiger partial charge in [0.1, 0.15) is 12.2 Å². The molecule has 0 aromatic rings. The minimum Gasteiger partial charge on any atom is -0.456 e. The molecule has 2 aliphatic heterocycles. The lowest BCUT2D eigenvalue weighted by Crippen LogP contribution is -2.58. The molecule has 0 aromatic heterocycles. The van der Waals surface area contributed by atoms with Crippen molar-refractivity contribution in [3.05, 3.63) is 47.1 Å². The van der Waals surface area contributed by atoms with Gasteiger partial charge in [0, 0.05) is 42.8 Å². The van der Waals surface area contributed by atoms with Gasteiger partial charge in [-0.1, -0.05) is 77.0 Å². The van der Waals surface area contributed by atoms with Crippen LogP contribution in [0.1, 0.15) is 81.6 Å². The van der Waals surface area contributed by atoms with E-state index in [0.717, 1.165) is 11.1 Å². The molecule has 12 atom stereocenters. The zero-order valence-corrected chi connectivity index (χ0v) is 27.3. The van der Waals surface area contributed by atoms with Crippen molar-refractivity contribution in [1.82, 2.24) is 0 Å². The average molecular weight is 593 g/mol. The van der Waals surface area contributed by atoms with E-state index in [9.17, 15) is 25.2 Å². The van der Waals surface area contributed by atoms with Gasteiger partial charge in [-0.15, -0.1) is 0 Å². The van der Waals surface area contributed by atoms with Crippen molar-refractivity contribution in [2.24, 2.45) is 29.6 Å². The van der Waals surface area contributed by atoms with E-state index in [1.54, 1.807) is 32.9 Å². The van der Waals surface area contributed by atoms with Gasteiger partial charge in [-0.05, 0) is 45.6 Å². The van der Waals surface area contributed by atoms with Crippen molar-refractivity contribution >= 4 is 5.97 Å². The lowest BCUT2D eigenvalue weighted by Gasteiger charge is -2.48. The fourth-order valence-corrected chi connectivity index (χ4v) is 6.33. The zero-order valence-electron chi connectivity index (χ0n) is 27.3. The summed E-state index contributed by atoms with van der Waals surface area (Å²) in [5.74, 6) is -4.02. The molecule has 0 aromatic carbocycles. The standard InChI is InChI=1S/C34H56O8/c1-11-28-24(7)27(35)18-34(39,42-28)26(9)31(37)25(8)32-29(40-10)14-12-13-19(2)15-21(4)30(36)22(5)16-20(3)17-23(6)33(38)41-32/h12-14,16-17,21-22,24-32,35-37,39H,11,15,18H2,1-10H3/b14-12+,19-13+,20-16+,23-17+/t21-,22+,24+,25-,26-,27+,28+,29-,30-,31+,32+,34+/m0/s1. The highest BCUT2D eigenvalue weighted by Crippen LogP contribution is 2.40. The molecule has 8 heteroatoms. The average Bonchev–Trinajstić information content (AvgIpc) is 2.93. The van der Waals surface area contributed by atoms with E-state index in [1.165, 1.54) is 7.11 Å². The fraction of sp³-hybridized carbons (Fsp3) is 0.735. The van der Waals surface area contributed by atoms with Gasteiger partial charge in [0.2, 0.25) is 0 Å². The van der Waals surface area contributed by atoms with E-state index in [0.29, 0.717) is 18.4 Å². The molecule has 1 fully saturated rings. The van der Waals surface area contributed by atoms with E-state index in [1.807, 2.05) is 59.8 Å². The Morgan fingerprint density at radius 3 is 2.38 bits per heavy atom. The van der Waals surface area contributed by atoms with E-state index >= 15 is 0 Å². The van der Waals surface area contributed by atoms with Crippen LogP contribution in [0.15, 0.2) is 47.1 Å². The number of carbonyl (C=O) groups is 1. The summed E-state index contributed by atoms with van der Waals surface area (Å²) in [7, 11) is 1.52. The van der Waals surface area contributed by atoms with Crippen LogP contribution in [0.3, 0.4) is 0 Å². The highest BCUT2D eigenvalue weighted by molar-refractivity contribution is 5.88. The third kappa shape index (κ3) is 9.10. The summed E-state index contributed by atoms with van der Waals surface area (Å²) < 4.78 is 17.9. The van der Waals surface area contributed by atoms with Crippen LogP contribution in [-0.2, 0) is 19.0 Å². The monoisotopic (exact) mass is 592 g/mol. The first-order valence-electron chi connectivity index (χ1n) is 15.4. The van der Waals surface area contributed by atoms with Crippen molar-refractivity contribution < 1.29 is 39.4 Å². The Morgan fingerprint density at radius 1 is 1.14 bits per heavy atom. The number of methoxy groups -OCH3 is 1. The normalized spacial score (nSPS) is 42.5. The van der Waals surface area contributed by atoms with Crippen LogP contribution < -0.4 is 0 Å². The molecule has 0 unspecified atom stereocenters. The molecule has 8 nitrogen and oxygen atoms in total. The maximum atomic E-state index is 13.3. The van der Waals surface area contributed by atoms with E-state index in [-0.39, 0.29) is 30.3 Å². The minimum absolute atomic E-state index is 0.0286. The van der Waals surface area contributed by atoms with E-state index in [2.05, 4.69) is 0 Å². The second-order valence-corrected chi connectivity index (χ2v) is 12.9. The van der Waals surface area contributed by atoms with Crippen LogP contribution in [0.5, 0.6) is 0 Å². The van der Waals surface area contributed by atoms with Gasteiger partial charge >= 0.3 is 5.97 Å². The van der Waals surface area contributed by atoms with Crippen molar-refractivity contribution in [3.8, 4) is 0 Å². The van der Waals surface area contributed by atoms with Gasteiger partial charge in [0.25, 0.3) is 0 Å². The molecule has 0 amide bonds. The van der Waals surface area contributed by atoms with Crippen LogP contribution in [0.2, 0.25) is 0 Å². The largest absolute Gasteiger partial charge is 0.456 e. The Balaban J connectivity index is 2.47. The van der Waals surface area contributed by atoms with Gasteiger partial charge in [0.15, 0.2) is 5.79 Å². The number of carbonyl (C=O) groups excluding carboxylic acids is 1. The summed E-state index contributed by atoms with van der Waals surface area (Å²) in [6.07, 6.45) is 6.13. The quantitative estimate of drug-likeness (QED) is 0.322. The van der Waals surface area contributed by atoms with Crippen molar-refractivity contribution in [2.45, 2.75) is 124 Å². The van der Waals surface area contributed by atoms with Crippen LogP contribution in [0, 0.1) is 29.6 Å². The molecular formula is C34H56O8. The summed E-state index contributed by atoms with van der Waals surface area (Å²) >= 11 is 0. The summed E-state index contributed by atoms with van der Waals surface area (Å²) in [6, 6.07) is 0. The van der Waals surface area contributed by atoms with Crippen LogP contribution in [-0.4, -0.2) is 75.9 Å². The number of rotatable bonds is 6.